The largest absolute Gasteiger partial charge is 0.393 e. The van der Waals surface area contributed by atoms with Crippen molar-refractivity contribution in [3.8, 4) is 0 Å². The highest BCUT2D eigenvalue weighted by atomic mass is 32.2. The molecule has 1 aromatic rings. The Morgan fingerprint density at radius 3 is 2.59 bits per heavy atom. The van der Waals surface area contributed by atoms with E-state index in [4.69, 9.17) is 11.5 Å². The molecule has 0 bridgehead atoms. The first-order chi connectivity index (χ1) is 15.1. The molecule has 0 saturated heterocycles. The second kappa shape index (κ2) is 11.7. The summed E-state index contributed by atoms with van der Waals surface area (Å²) < 4.78 is 0. The number of aliphatic hydroxyl groups is 1. The monoisotopic (exact) mass is 464 g/mol. The number of rotatable bonds is 11. The van der Waals surface area contributed by atoms with E-state index in [-0.39, 0.29) is 24.1 Å². The number of aliphatic hydroxyl groups excluding tert-OH is 1. The average molecular weight is 465 g/mol. The molecule has 1 aromatic carbocycles. The molecular formula is C21H32N6O4S. The van der Waals surface area contributed by atoms with Crippen molar-refractivity contribution >= 4 is 41.0 Å². The third-order valence-corrected chi connectivity index (χ3v) is 6.31. The summed E-state index contributed by atoms with van der Waals surface area (Å²) in [7, 11) is 1.50. The van der Waals surface area contributed by atoms with Crippen molar-refractivity contribution in [2.24, 2.45) is 16.5 Å². The van der Waals surface area contributed by atoms with Crippen LogP contribution in [0.4, 0.5) is 5.69 Å². The lowest BCUT2D eigenvalue weighted by Gasteiger charge is -2.29. The number of carbonyl (C=O) groups excluding carboxylic acids is 3. The summed E-state index contributed by atoms with van der Waals surface area (Å²) in [6.45, 7) is 3.21. The van der Waals surface area contributed by atoms with E-state index < -0.39 is 29.5 Å². The fourth-order valence-corrected chi connectivity index (χ4v) is 4.47. The molecule has 10 nitrogen and oxygen atoms in total. The Hall–Kier alpha value is -2.79. The van der Waals surface area contributed by atoms with Crippen LogP contribution in [0.2, 0.25) is 0 Å². The molecule has 7 N–H and O–H groups in total. The van der Waals surface area contributed by atoms with Crippen molar-refractivity contribution in [1.29, 1.82) is 0 Å². The van der Waals surface area contributed by atoms with E-state index in [2.05, 4.69) is 15.6 Å². The number of nitrogens with two attached hydrogens (primary N) is 2. The molecule has 0 aliphatic carbocycles. The van der Waals surface area contributed by atoms with E-state index in [1.54, 1.807) is 6.92 Å². The first-order valence-corrected chi connectivity index (χ1v) is 11.3. The summed E-state index contributed by atoms with van der Waals surface area (Å²) >= 11 is 1.39. The first-order valence-electron chi connectivity index (χ1n) is 10.4. The van der Waals surface area contributed by atoms with Crippen LogP contribution in [-0.2, 0) is 14.4 Å². The minimum absolute atomic E-state index is 0.0412. The number of likely N-dealkylation sites (N-methyl/N-ethyl adjacent to an activating group) is 1. The Bertz CT molecular complexity index is 833. The number of amides is 2. The van der Waals surface area contributed by atoms with Gasteiger partial charge >= 0.3 is 0 Å². The number of benzene rings is 1. The van der Waals surface area contributed by atoms with Crippen LogP contribution in [0.5, 0.6) is 0 Å². The lowest BCUT2D eigenvalue weighted by Crippen LogP contribution is -2.54. The van der Waals surface area contributed by atoms with Gasteiger partial charge in [-0.15, -0.1) is 0 Å². The number of anilines is 1. The Balaban J connectivity index is 2.16. The first kappa shape index (κ1) is 25.5. The highest BCUT2D eigenvalue weighted by Gasteiger charge is 2.35. The maximum Gasteiger partial charge on any atom is 0.243 e. The van der Waals surface area contributed by atoms with Crippen LogP contribution >= 0.6 is 11.8 Å². The van der Waals surface area contributed by atoms with Crippen LogP contribution in [0.3, 0.4) is 0 Å². The molecule has 0 spiro atoms. The lowest BCUT2D eigenvalue weighted by atomic mass is 10.0. The molecule has 1 heterocycles. The van der Waals surface area contributed by atoms with Crippen LogP contribution in [0.15, 0.2) is 34.2 Å². The van der Waals surface area contributed by atoms with E-state index in [0.29, 0.717) is 19.4 Å². The summed E-state index contributed by atoms with van der Waals surface area (Å²) in [4.78, 5) is 44.4. The summed E-state index contributed by atoms with van der Waals surface area (Å²) in [6, 6.07) is 5.88. The highest BCUT2D eigenvalue weighted by molar-refractivity contribution is 8.01. The van der Waals surface area contributed by atoms with E-state index in [1.807, 2.05) is 24.3 Å². The number of ketones is 1. The highest BCUT2D eigenvalue weighted by Crippen LogP contribution is 2.38. The number of Topliss-reactive ketones (excluding diaryl/α,β-unsaturated/α-hetero) is 1. The zero-order valence-corrected chi connectivity index (χ0v) is 19.4. The number of para-hydroxylation sites is 1. The quantitative estimate of drug-likeness (QED) is 0.177. The second-order valence-electron chi connectivity index (χ2n) is 7.78. The minimum atomic E-state index is -0.901. The van der Waals surface area contributed by atoms with E-state index in [0.717, 1.165) is 10.6 Å². The smallest absolute Gasteiger partial charge is 0.243 e. The number of nitrogens with one attached hydrogen (secondary N) is 2. The van der Waals surface area contributed by atoms with Crippen LogP contribution in [0, 0.1) is 0 Å². The van der Waals surface area contributed by atoms with Gasteiger partial charge in [-0.1, -0.05) is 23.9 Å². The van der Waals surface area contributed by atoms with Crippen molar-refractivity contribution in [2.75, 3.05) is 18.9 Å². The maximum absolute atomic E-state index is 13.3. The summed E-state index contributed by atoms with van der Waals surface area (Å²) in [5.41, 5.74) is 11.6. The van der Waals surface area contributed by atoms with Gasteiger partial charge in [0.15, 0.2) is 11.7 Å². The topological polar surface area (TPSA) is 163 Å². The van der Waals surface area contributed by atoms with Gasteiger partial charge in [0.2, 0.25) is 11.8 Å². The molecule has 176 valence electrons. The molecule has 11 heteroatoms. The molecule has 0 fully saturated rings. The van der Waals surface area contributed by atoms with Gasteiger partial charge in [-0.3, -0.25) is 19.4 Å². The van der Waals surface area contributed by atoms with Gasteiger partial charge < -0.3 is 32.1 Å². The number of thioether (sulfide) groups is 1. The summed E-state index contributed by atoms with van der Waals surface area (Å²) in [5, 5.41) is 15.2. The van der Waals surface area contributed by atoms with E-state index >= 15 is 0 Å². The van der Waals surface area contributed by atoms with Crippen LogP contribution in [-0.4, -0.2) is 70.7 Å². The van der Waals surface area contributed by atoms with E-state index in [9.17, 15) is 19.5 Å². The molecule has 0 radical (unpaired) electrons. The predicted molar refractivity (Wildman–Crippen MR) is 125 cm³/mol. The third-order valence-electron chi connectivity index (χ3n) is 5.11. The maximum atomic E-state index is 13.3. The van der Waals surface area contributed by atoms with Gasteiger partial charge in [0.05, 0.1) is 12.1 Å². The van der Waals surface area contributed by atoms with Crippen molar-refractivity contribution in [3.05, 3.63) is 24.3 Å². The van der Waals surface area contributed by atoms with Crippen molar-refractivity contribution in [2.45, 2.75) is 61.6 Å². The van der Waals surface area contributed by atoms with Gasteiger partial charge in [-0.05, 0) is 31.9 Å². The number of aliphatic imine (C=N–C) groups is 1. The second-order valence-corrected chi connectivity index (χ2v) is 8.93. The van der Waals surface area contributed by atoms with Gasteiger partial charge in [-0.2, -0.15) is 0 Å². The number of guanidine groups is 1. The molecule has 1 aliphatic rings. The number of hydrogen-bond acceptors (Lipinski definition) is 7. The molecule has 32 heavy (non-hydrogen) atoms. The van der Waals surface area contributed by atoms with Crippen molar-refractivity contribution in [3.63, 3.8) is 0 Å². The Kier molecular flexibility index (Phi) is 9.33. The van der Waals surface area contributed by atoms with Gasteiger partial charge in [0.25, 0.3) is 0 Å². The van der Waals surface area contributed by atoms with Gasteiger partial charge in [0.1, 0.15) is 11.4 Å². The third kappa shape index (κ3) is 7.13. The molecule has 1 unspecified atom stereocenters. The van der Waals surface area contributed by atoms with Gasteiger partial charge in [-0.25, -0.2) is 0 Å². The molecule has 0 aromatic heterocycles. The normalized spacial score (nSPS) is 17.3. The number of fused-ring (bicyclic) bond motifs is 1. The molecular weight excluding hydrogens is 432 g/mol. The Labute approximate surface area is 192 Å². The number of hydrogen-bond donors (Lipinski definition) is 5. The molecule has 0 saturated carbocycles. The van der Waals surface area contributed by atoms with Crippen LogP contribution in [0.1, 0.15) is 33.1 Å². The Morgan fingerprint density at radius 2 is 2.00 bits per heavy atom. The van der Waals surface area contributed by atoms with E-state index in [1.165, 1.54) is 30.6 Å². The number of nitrogens with zero attached hydrogens (tertiary/aromatic N) is 2. The summed E-state index contributed by atoms with van der Waals surface area (Å²) in [5.74, 6) is -1.04. The molecule has 2 amide bonds. The fraction of sp³-hybridized carbons (Fsp3) is 0.524. The SMILES string of the molecule is CC(=O)N(C)[C@@H](C[C@H](C)O)C(=O)N[C@@H](CCCN=C(N)N)C(=O)C1Nc2ccccc2S1. The lowest BCUT2D eigenvalue weighted by molar-refractivity contribution is -0.139. The van der Waals surface area contributed by atoms with Crippen LogP contribution in [0.25, 0.3) is 0 Å². The zero-order chi connectivity index (χ0) is 23.8. The van der Waals surface area contributed by atoms with Gasteiger partial charge in [0, 0.05) is 37.5 Å². The van der Waals surface area contributed by atoms with Crippen molar-refractivity contribution < 1.29 is 19.5 Å². The standard InChI is InChI=1S/C21H32N6O4S/c1-12(28)11-16(27(3)13(2)29)19(31)25-15(8-6-10-24-21(22)23)18(30)20-26-14-7-4-5-9-17(14)32-20/h4-5,7,9,12,15-16,20,26,28H,6,8,10-11H2,1-3H3,(H,25,31)(H4,22,23,24)/t12-,15-,16-,20?/m0/s1. The predicted octanol–water partition coefficient (Wildman–Crippen LogP) is 0.256. The molecule has 1 aliphatic heterocycles. The Morgan fingerprint density at radius 1 is 1.31 bits per heavy atom. The molecule has 2 rings (SSSR count). The number of carbonyl (C=O) groups is 3. The fourth-order valence-electron chi connectivity index (χ4n) is 3.34. The molecule has 4 atom stereocenters. The summed E-state index contributed by atoms with van der Waals surface area (Å²) in [6.07, 6.45) is 0.0492. The average Bonchev–Trinajstić information content (AvgIpc) is 3.16. The van der Waals surface area contributed by atoms with Crippen molar-refractivity contribution in [1.82, 2.24) is 10.2 Å². The van der Waals surface area contributed by atoms with Crippen LogP contribution < -0.4 is 22.1 Å². The zero-order valence-electron chi connectivity index (χ0n) is 18.6. The minimum Gasteiger partial charge on any atom is -0.393 e.